The fraction of sp³-hybridized carbons (Fsp3) is 0.739. The second-order valence-electron chi connectivity index (χ2n) is 9.89. The molecule has 2 rings (SSSR count). The Bertz CT molecular complexity index is 615. The van der Waals surface area contributed by atoms with Crippen LogP contribution in [0.25, 0.3) is 0 Å². The van der Waals surface area contributed by atoms with Gasteiger partial charge in [0.05, 0.1) is 11.2 Å². The highest BCUT2D eigenvalue weighted by atomic mass is 32.3. The van der Waals surface area contributed by atoms with Crippen LogP contribution in [0.2, 0.25) is 0 Å². The second kappa shape index (κ2) is 9.01. The van der Waals surface area contributed by atoms with E-state index in [0.717, 1.165) is 26.8 Å². The average Bonchev–Trinajstić information content (AvgIpc) is 2.74. The van der Waals surface area contributed by atoms with Gasteiger partial charge in [-0.3, -0.25) is 0 Å². The number of aromatic hydroxyl groups is 1. The van der Waals surface area contributed by atoms with E-state index in [2.05, 4.69) is 47.8 Å². The van der Waals surface area contributed by atoms with Crippen LogP contribution in [-0.4, -0.2) is 45.4 Å². The molecule has 1 N–H and O–H groups in total. The lowest BCUT2D eigenvalue weighted by atomic mass is 9.76. The Morgan fingerprint density at radius 1 is 0.857 bits per heavy atom. The van der Waals surface area contributed by atoms with E-state index >= 15 is 0 Å². The lowest BCUT2D eigenvalue weighted by Gasteiger charge is -2.48. The molecular formula is C23H43BO3S. The van der Waals surface area contributed by atoms with Crippen LogP contribution in [0.3, 0.4) is 0 Å². The van der Waals surface area contributed by atoms with E-state index in [1.54, 1.807) is 12.1 Å². The summed E-state index contributed by atoms with van der Waals surface area (Å²) in [5.74, 6) is 0.266. The lowest BCUT2D eigenvalue weighted by molar-refractivity contribution is 0.00578. The molecule has 5 heteroatoms. The summed E-state index contributed by atoms with van der Waals surface area (Å²) >= 11 is 0. The normalized spacial score (nSPS) is 19.2. The van der Waals surface area contributed by atoms with E-state index in [-0.39, 0.29) is 34.1 Å². The van der Waals surface area contributed by atoms with E-state index in [1.165, 1.54) is 0 Å². The molecule has 1 saturated heterocycles. The van der Waals surface area contributed by atoms with Crippen LogP contribution >= 0.6 is 10.0 Å². The number of hydrogen-bond acceptors (Lipinski definition) is 3. The fourth-order valence-corrected chi connectivity index (χ4v) is 6.79. The van der Waals surface area contributed by atoms with Crippen molar-refractivity contribution in [2.75, 3.05) is 6.26 Å². The molecule has 0 aliphatic carbocycles. The third-order valence-corrected chi connectivity index (χ3v) is 12.9. The molecule has 1 aromatic rings. The van der Waals surface area contributed by atoms with Gasteiger partial charge in [0.25, 0.3) is 0 Å². The molecule has 1 aliphatic heterocycles. The number of phenolic OH excluding ortho intramolecular Hbond substituents is 1. The van der Waals surface area contributed by atoms with Crippen LogP contribution in [0.1, 0.15) is 74.8 Å². The standard InChI is InChI=1S/C13H19BO3.C10H24S/c1-9-8-10(15)6-7-11(9)14-16-12(2,3)13(4,5)17-14;1-8(2)11(7,9(3)4)10(5)6/h6-8,15H,1-5H3;8-10H,1-7H3. The molecule has 1 aromatic carbocycles. The quantitative estimate of drug-likeness (QED) is 0.653. The van der Waals surface area contributed by atoms with Crippen molar-refractivity contribution in [1.29, 1.82) is 0 Å². The van der Waals surface area contributed by atoms with Gasteiger partial charge in [-0.05, 0) is 79.8 Å². The molecule has 1 fully saturated rings. The molecule has 0 bridgehead atoms. The highest BCUT2D eigenvalue weighted by molar-refractivity contribution is 8.34. The summed E-state index contributed by atoms with van der Waals surface area (Å²) < 4.78 is 11.9. The number of hydrogen-bond donors (Lipinski definition) is 1. The van der Waals surface area contributed by atoms with Gasteiger partial charge in [-0.2, -0.15) is 0 Å². The van der Waals surface area contributed by atoms with Crippen LogP contribution in [0.4, 0.5) is 0 Å². The predicted octanol–water partition coefficient (Wildman–Crippen LogP) is 5.65. The molecule has 0 amide bonds. The van der Waals surface area contributed by atoms with Crippen LogP contribution in [-0.2, 0) is 9.31 Å². The maximum Gasteiger partial charge on any atom is 0.495 e. The van der Waals surface area contributed by atoms with Crippen molar-refractivity contribution in [3.8, 4) is 5.75 Å². The van der Waals surface area contributed by atoms with Gasteiger partial charge in [0.2, 0.25) is 0 Å². The first-order chi connectivity index (χ1) is 12.6. The Labute approximate surface area is 176 Å². The summed E-state index contributed by atoms with van der Waals surface area (Å²) in [6.45, 7) is 24.3. The zero-order chi connectivity index (χ0) is 22.1. The Morgan fingerprint density at radius 2 is 1.25 bits per heavy atom. The van der Waals surface area contributed by atoms with E-state index in [9.17, 15) is 5.11 Å². The zero-order valence-electron chi connectivity index (χ0n) is 20.2. The summed E-state index contributed by atoms with van der Waals surface area (Å²) in [4.78, 5) is 0. The molecule has 1 heterocycles. The zero-order valence-corrected chi connectivity index (χ0v) is 21.0. The number of rotatable bonds is 4. The second-order valence-corrected chi connectivity index (χ2v) is 14.9. The van der Waals surface area contributed by atoms with Gasteiger partial charge in [-0.1, -0.05) is 47.6 Å². The van der Waals surface area contributed by atoms with E-state index < -0.39 is 0 Å². The molecule has 1 aliphatic rings. The van der Waals surface area contributed by atoms with Crippen molar-refractivity contribution in [3.05, 3.63) is 23.8 Å². The molecule has 0 atom stereocenters. The topological polar surface area (TPSA) is 38.7 Å². The Balaban J connectivity index is 0.000000311. The minimum atomic E-state index is -0.389. The third-order valence-electron chi connectivity index (χ3n) is 6.81. The van der Waals surface area contributed by atoms with Gasteiger partial charge in [-0.15, -0.1) is 0 Å². The van der Waals surface area contributed by atoms with Crippen LogP contribution in [0, 0.1) is 6.92 Å². The van der Waals surface area contributed by atoms with Gasteiger partial charge in [0.15, 0.2) is 0 Å². The highest BCUT2D eigenvalue weighted by Gasteiger charge is 2.52. The molecule has 0 unspecified atom stereocenters. The molecule has 0 spiro atoms. The number of phenols is 1. The number of benzene rings is 1. The summed E-state index contributed by atoms with van der Waals surface area (Å²) in [6, 6.07) is 5.24. The molecule has 3 nitrogen and oxygen atoms in total. The molecule has 0 radical (unpaired) electrons. The van der Waals surface area contributed by atoms with Crippen molar-refractivity contribution in [2.45, 2.75) is 103 Å². The van der Waals surface area contributed by atoms with E-state index in [4.69, 9.17) is 9.31 Å². The van der Waals surface area contributed by atoms with E-state index in [0.29, 0.717) is 0 Å². The summed E-state index contributed by atoms with van der Waals surface area (Å²) in [5, 5.41) is 12.0. The van der Waals surface area contributed by atoms with Crippen LogP contribution < -0.4 is 5.46 Å². The first-order valence-electron chi connectivity index (χ1n) is 10.5. The highest BCUT2D eigenvalue weighted by Crippen LogP contribution is 2.56. The molecule has 28 heavy (non-hydrogen) atoms. The SMILES string of the molecule is CC(C)S(C)(C(C)C)C(C)C.Cc1cc(O)ccc1B1OC(C)(C)C(C)(C)O1. The van der Waals surface area contributed by atoms with Crippen molar-refractivity contribution < 1.29 is 14.4 Å². The molecule has 0 saturated carbocycles. The minimum absolute atomic E-state index is 0.266. The van der Waals surface area contributed by atoms with Crippen LogP contribution in [0.5, 0.6) is 5.75 Å². The van der Waals surface area contributed by atoms with Gasteiger partial charge in [0.1, 0.15) is 5.75 Å². The molecule has 0 aromatic heterocycles. The molecule has 162 valence electrons. The maximum atomic E-state index is 9.40. The summed E-state index contributed by atoms with van der Waals surface area (Å²) in [6.07, 6.45) is 2.49. The monoisotopic (exact) mass is 410 g/mol. The molecular weight excluding hydrogens is 367 g/mol. The Morgan fingerprint density at radius 3 is 1.54 bits per heavy atom. The lowest BCUT2D eigenvalue weighted by Crippen LogP contribution is -2.41. The summed E-state index contributed by atoms with van der Waals surface area (Å²) in [7, 11) is -0.749. The first kappa shape index (κ1) is 25.4. The fourth-order valence-electron chi connectivity index (χ4n) is 3.53. The van der Waals surface area contributed by atoms with Gasteiger partial charge in [0, 0.05) is 0 Å². The van der Waals surface area contributed by atoms with Crippen molar-refractivity contribution >= 4 is 22.6 Å². The van der Waals surface area contributed by atoms with Crippen molar-refractivity contribution in [1.82, 2.24) is 0 Å². The summed E-state index contributed by atoms with van der Waals surface area (Å²) in [5.41, 5.74) is 1.29. The van der Waals surface area contributed by atoms with E-state index in [1.807, 2.05) is 40.7 Å². The number of aryl methyl sites for hydroxylation is 1. The van der Waals surface area contributed by atoms with Crippen LogP contribution in [0.15, 0.2) is 18.2 Å². The van der Waals surface area contributed by atoms with Gasteiger partial charge < -0.3 is 14.4 Å². The third kappa shape index (κ3) is 5.28. The van der Waals surface area contributed by atoms with Crippen molar-refractivity contribution in [3.63, 3.8) is 0 Å². The first-order valence-corrected chi connectivity index (χ1v) is 12.7. The average molecular weight is 410 g/mol. The van der Waals surface area contributed by atoms with Gasteiger partial charge in [-0.25, -0.2) is 10.0 Å². The smallest absolute Gasteiger partial charge is 0.495 e. The Hall–Kier alpha value is -0.645. The minimum Gasteiger partial charge on any atom is -0.508 e. The van der Waals surface area contributed by atoms with Crippen molar-refractivity contribution in [2.24, 2.45) is 0 Å². The maximum absolute atomic E-state index is 9.40. The predicted molar refractivity (Wildman–Crippen MR) is 127 cm³/mol. The van der Waals surface area contributed by atoms with Gasteiger partial charge >= 0.3 is 7.12 Å². The largest absolute Gasteiger partial charge is 0.508 e. The Kier molecular flexibility index (Phi) is 8.17.